The van der Waals surface area contributed by atoms with E-state index in [2.05, 4.69) is 9.97 Å². The molecule has 0 saturated carbocycles. The summed E-state index contributed by atoms with van der Waals surface area (Å²) in [4.78, 5) is 8.57. The Labute approximate surface area is 139 Å². The lowest BCUT2D eigenvalue weighted by Gasteiger charge is -2.14. The van der Waals surface area contributed by atoms with Crippen LogP contribution in [0.3, 0.4) is 0 Å². The smallest absolute Gasteiger partial charge is 0.158 e. The lowest BCUT2D eigenvalue weighted by molar-refractivity contribution is 0.0928. The van der Waals surface area contributed by atoms with Gasteiger partial charge in [-0.25, -0.2) is 4.98 Å². The first-order chi connectivity index (χ1) is 11.8. The van der Waals surface area contributed by atoms with Crippen LogP contribution in [0.2, 0.25) is 0 Å². The van der Waals surface area contributed by atoms with Crippen molar-refractivity contribution in [3.63, 3.8) is 0 Å². The van der Waals surface area contributed by atoms with E-state index in [4.69, 9.17) is 10.00 Å². The summed E-state index contributed by atoms with van der Waals surface area (Å²) in [5, 5.41) is 19.0. The van der Waals surface area contributed by atoms with E-state index in [1.807, 2.05) is 28.8 Å². The SMILES string of the molecule is N#Cc1ccc(OC[C@@H](O)Cn2ccnc2-c2ccccn2)cc1. The highest BCUT2D eigenvalue weighted by molar-refractivity contribution is 5.49. The van der Waals surface area contributed by atoms with Crippen LogP contribution in [0.4, 0.5) is 0 Å². The standard InChI is InChI=1S/C18H16N4O2/c19-11-14-4-6-16(7-5-14)24-13-15(23)12-22-10-9-21-18(22)17-3-1-2-8-20-17/h1-10,15,23H,12-13H2/t15-/m0/s1. The zero-order chi connectivity index (χ0) is 16.8. The van der Waals surface area contributed by atoms with Gasteiger partial charge in [0, 0.05) is 18.6 Å². The Kier molecular flexibility index (Phi) is 4.84. The summed E-state index contributed by atoms with van der Waals surface area (Å²) in [6, 6.07) is 14.4. The fraction of sp³-hybridized carbons (Fsp3) is 0.167. The molecule has 0 unspecified atom stereocenters. The highest BCUT2D eigenvalue weighted by Gasteiger charge is 2.12. The van der Waals surface area contributed by atoms with Crippen LogP contribution in [-0.2, 0) is 6.54 Å². The molecule has 3 rings (SSSR count). The molecule has 0 saturated heterocycles. The van der Waals surface area contributed by atoms with Crippen LogP contribution < -0.4 is 4.74 Å². The van der Waals surface area contributed by atoms with E-state index in [9.17, 15) is 5.11 Å². The zero-order valence-electron chi connectivity index (χ0n) is 12.9. The van der Waals surface area contributed by atoms with Crippen molar-refractivity contribution in [3.05, 3.63) is 66.6 Å². The normalized spacial score (nSPS) is 11.7. The molecule has 1 atom stereocenters. The Bertz CT molecular complexity index is 822. The average Bonchev–Trinajstić information content (AvgIpc) is 3.09. The zero-order valence-corrected chi connectivity index (χ0v) is 12.9. The number of hydrogen-bond acceptors (Lipinski definition) is 5. The fourth-order valence-corrected chi connectivity index (χ4v) is 2.28. The highest BCUT2D eigenvalue weighted by atomic mass is 16.5. The van der Waals surface area contributed by atoms with Gasteiger partial charge in [-0.2, -0.15) is 5.26 Å². The van der Waals surface area contributed by atoms with Crippen molar-refractivity contribution in [2.45, 2.75) is 12.6 Å². The summed E-state index contributed by atoms with van der Waals surface area (Å²) < 4.78 is 7.40. The van der Waals surface area contributed by atoms with Crippen molar-refractivity contribution in [3.8, 4) is 23.3 Å². The van der Waals surface area contributed by atoms with Crippen molar-refractivity contribution < 1.29 is 9.84 Å². The Hall–Kier alpha value is -3.17. The molecule has 1 aromatic carbocycles. The molecule has 2 aromatic heterocycles. The van der Waals surface area contributed by atoms with Gasteiger partial charge in [-0.15, -0.1) is 0 Å². The summed E-state index contributed by atoms with van der Waals surface area (Å²) in [5.74, 6) is 1.32. The Morgan fingerprint density at radius 2 is 1.96 bits per heavy atom. The van der Waals surface area contributed by atoms with Gasteiger partial charge in [-0.05, 0) is 36.4 Å². The van der Waals surface area contributed by atoms with Crippen molar-refractivity contribution in [1.82, 2.24) is 14.5 Å². The maximum absolute atomic E-state index is 10.2. The highest BCUT2D eigenvalue weighted by Crippen LogP contribution is 2.15. The summed E-state index contributed by atoms with van der Waals surface area (Å²) >= 11 is 0. The lowest BCUT2D eigenvalue weighted by atomic mass is 10.2. The van der Waals surface area contributed by atoms with Gasteiger partial charge < -0.3 is 14.4 Å². The molecular weight excluding hydrogens is 304 g/mol. The summed E-state index contributed by atoms with van der Waals surface area (Å²) in [6.45, 7) is 0.494. The van der Waals surface area contributed by atoms with E-state index in [1.165, 1.54) is 0 Å². The molecule has 1 N–H and O–H groups in total. The molecule has 0 aliphatic carbocycles. The fourth-order valence-electron chi connectivity index (χ4n) is 2.28. The predicted molar refractivity (Wildman–Crippen MR) is 88.1 cm³/mol. The van der Waals surface area contributed by atoms with Crippen LogP contribution in [-0.4, -0.2) is 32.4 Å². The number of nitrogens with zero attached hydrogens (tertiary/aromatic N) is 4. The molecule has 6 heteroatoms. The molecule has 0 aliphatic heterocycles. The molecule has 6 nitrogen and oxygen atoms in total. The third-order valence-electron chi connectivity index (χ3n) is 3.44. The number of ether oxygens (including phenoxy) is 1. The molecular formula is C18H16N4O2. The maximum Gasteiger partial charge on any atom is 0.158 e. The van der Waals surface area contributed by atoms with Crippen LogP contribution in [0.5, 0.6) is 5.75 Å². The second-order valence-corrected chi connectivity index (χ2v) is 5.22. The summed E-state index contributed by atoms with van der Waals surface area (Å²) in [7, 11) is 0. The van der Waals surface area contributed by atoms with E-state index in [-0.39, 0.29) is 6.61 Å². The number of aliphatic hydroxyl groups is 1. The molecule has 0 spiro atoms. The molecule has 24 heavy (non-hydrogen) atoms. The van der Waals surface area contributed by atoms with Crippen LogP contribution in [0.15, 0.2) is 61.1 Å². The minimum Gasteiger partial charge on any atom is -0.491 e. The molecule has 0 aliphatic rings. The molecule has 0 amide bonds. The van der Waals surface area contributed by atoms with E-state index in [0.29, 0.717) is 23.7 Å². The van der Waals surface area contributed by atoms with Crippen LogP contribution >= 0.6 is 0 Å². The molecule has 0 bridgehead atoms. The van der Waals surface area contributed by atoms with E-state index in [0.717, 1.165) is 5.69 Å². The van der Waals surface area contributed by atoms with Crippen LogP contribution in [0.1, 0.15) is 5.56 Å². The first-order valence-electron chi connectivity index (χ1n) is 7.50. The van der Waals surface area contributed by atoms with Gasteiger partial charge in [0.1, 0.15) is 24.2 Å². The number of benzene rings is 1. The van der Waals surface area contributed by atoms with Crippen molar-refractivity contribution >= 4 is 0 Å². The average molecular weight is 320 g/mol. The van der Waals surface area contributed by atoms with Crippen molar-refractivity contribution in [1.29, 1.82) is 5.26 Å². The van der Waals surface area contributed by atoms with Gasteiger partial charge in [0.05, 0.1) is 18.2 Å². The number of pyridine rings is 1. The second-order valence-electron chi connectivity index (χ2n) is 5.22. The number of rotatable bonds is 6. The molecule has 3 aromatic rings. The molecule has 0 fully saturated rings. The first-order valence-corrected chi connectivity index (χ1v) is 7.50. The van der Waals surface area contributed by atoms with Gasteiger partial charge in [-0.1, -0.05) is 6.07 Å². The predicted octanol–water partition coefficient (Wildman–Crippen LogP) is 2.26. The number of nitriles is 1. The number of imidazole rings is 1. The van der Waals surface area contributed by atoms with E-state index < -0.39 is 6.10 Å². The topological polar surface area (TPSA) is 84.0 Å². The number of aliphatic hydroxyl groups excluding tert-OH is 1. The summed E-state index contributed by atoms with van der Waals surface area (Å²) in [5.41, 5.74) is 1.32. The molecule has 120 valence electrons. The van der Waals surface area contributed by atoms with Gasteiger partial charge in [-0.3, -0.25) is 4.98 Å². The number of aromatic nitrogens is 3. The molecule has 2 heterocycles. The monoisotopic (exact) mass is 320 g/mol. The summed E-state index contributed by atoms with van der Waals surface area (Å²) in [6.07, 6.45) is 4.49. The van der Waals surface area contributed by atoms with Gasteiger partial charge in [0.2, 0.25) is 0 Å². The Morgan fingerprint density at radius 3 is 2.67 bits per heavy atom. The van der Waals surface area contributed by atoms with Crippen molar-refractivity contribution in [2.24, 2.45) is 0 Å². The third kappa shape index (κ3) is 3.77. The van der Waals surface area contributed by atoms with E-state index >= 15 is 0 Å². The largest absolute Gasteiger partial charge is 0.491 e. The molecule has 0 radical (unpaired) electrons. The Balaban J connectivity index is 1.60. The quantitative estimate of drug-likeness (QED) is 0.753. The Morgan fingerprint density at radius 1 is 1.12 bits per heavy atom. The van der Waals surface area contributed by atoms with Gasteiger partial charge in [0.25, 0.3) is 0 Å². The first kappa shape index (κ1) is 15.7. The maximum atomic E-state index is 10.2. The van der Waals surface area contributed by atoms with Crippen LogP contribution in [0.25, 0.3) is 11.5 Å². The van der Waals surface area contributed by atoms with Crippen molar-refractivity contribution in [2.75, 3.05) is 6.61 Å². The lowest BCUT2D eigenvalue weighted by Crippen LogP contribution is -2.23. The second kappa shape index (κ2) is 7.40. The van der Waals surface area contributed by atoms with Gasteiger partial charge >= 0.3 is 0 Å². The van der Waals surface area contributed by atoms with Crippen LogP contribution in [0, 0.1) is 11.3 Å². The van der Waals surface area contributed by atoms with E-state index in [1.54, 1.807) is 42.9 Å². The number of hydrogen-bond donors (Lipinski definition) is 1. The minimum atomic E-state index is -0.697. The van der Waals surface area contributed by atoms with Gasteiger partial charge in [0.15, 0.2) is 5.82 Å². The third-order valence-corrected chi connectivity index (χ3v) is 3.44. The minimum absolute atomic E-state index is 0.145.